The molecule has 0 spiro atoms. The fourth-order valence-corrected chi connectivity index (χ4v) is 0. The molecule has 0 fully saturated rings. The van der Waals surface area contributed by atoms with Gasteiger partial charge in [-0.05, 0) is 20.8 Å². The Kier molecular flexibility index (Phi) is 1.66. The zero-order chi connectivity index (χ0) is 7.00. The molecule has 0 aliphatic heterocycles. The molecule has 0 aliphatic rings. The van der Waals surface area contributed by atoms with Gasteiger partial charge >= 0.3 is 0 Å². The van der Waals surface area contributed by atoms with Crippen LogP contribution in [0.3, 0.4) is 0 Å². The third-order valence-electron chi connectivity index (χ3n) is 1.30. The summed E-state index contributed by atoms with van der Waals surface area (Å²) in [6, 6.07) is 0. The monoisotopic (exact) mass is 118 g/mol. The fraction of sp³-hybridized carbons (Fsp3) is 1.00. The van der Waals surface area contributed by atoms with E-state index < -0.39 is 11.3 Å². The van der Waals surface area contributed by atoms with Gasteiger partial charge in [0.15, 0.2) is 0 Å². The summed E-state index contributed by atoms with van der Waals surface area (Å²) >= 11 is 0. The lowest BCUT2D eigenvalue weighted by molar-refractivity contribution is 0.00232. The van der Waals surface area contributed by atoms with Gasteiger partial charge in [-0.3, -0.25) is 0 Å². The zero-order valence-corrected chi connectivity index (χ0v) is 5.60. The van der Waals surface area contributed by atoms with E-state index in [4.69, 9.17) is 16.6 Å². The van der Waals surface area contributed by atoms with Gasteiger partial charge in [0.1, 0.15) is 5.72 Å². The third kappa shape index (κ3) is 1.78. The Bertz CT molecular complexity index is 65.4. The van der Waals surface area contributed by atoms with Crippen LogP contribution in [-0.4, -0.2) is 16.4 Å². The van der Waals surface area contributed by atoms with Crippen molar-refractivity contribution in [3.8, 4) is 0 Å². The Labute approximate surface area is 49.7 Å². The Balaban J connectivity index is 4.02. The molecule has 0 aromatic rings. The van der Waals surface area contributed by atoms with Crippen molar-refractivity contribution in [1.29, 1.82) is 0 Å². The predicted molar refractivity (Wildman–Crippen MR) is 33.1 cm³/mol. The highest BCUT2D eigenvalue weighted by Crippen LogP contribution is 2.10. The zero-order valence-electron chi connectivity index (χ0n) is 5.60. The van der Waals surface area contributed by atoms with Gasteiger partial charge in [0.25, 0.3) is 0 Å². The van der Waals surface area contributed by atoms with Crippen LogP contribution in [0.5, 0.6) is 0 Å². The van der Waals surface area contributed by atoms with Crippen LogP contribution in [-0.2, 0) is 0 Å². The molecule has 0 rings (SSSR count). The Hall–Kier alpha value is -0.120. The normalized spacial score (nSPS) is 20.2. The van der Waals surface area contributed by atoms with Crippen LogP contribution in [0.15, 0.2) is 0 Å². The number of hydrogen-bond donors (Lipinski definition) is 3. The molecule has 0 aliphatic carbocycles. The lowest BCUT2D eigenvalue weighted by Crippen LogP contribution is -2.60. The summed E-state index contributed by atoms with van der Waals surface area (Å²) in [5.41, 5.74) is 8.67. The van der Waals surface area contributed by atoms with Crippen LogP contribution in [0.2, 0.25) is 0 Å². The van der Waals surface area contributed by atoms with E-state index in [1.165, 1.54) is 6.92 Å². The standard InChI is InChI=1S/C5H14N2O/c1-4(2,6)5(3,7)8/h8H,6-7H2,1-3H3. The van der Waals surface area contributed by atoms with E-state index in [0.29, 0.717) is 0 Å². The first kappa shape index (κ1) is 7.88. The quantitative estimate of drug-likeness (QED) is 0.402. The molecule has 1 atom stereocenters. The Morgan fingerprint density at radius 1 is 1.12 bits per heavy atom. The molecular weight excluding hydrogens is 104 g/mol. The molecule has 50 valence electrons. The smallest absolute Gasteiger partial charge is 0.128 e. The van der Waals surface area contributed by atoms with Crippen molar-refractivity contribution in [2.24, 2.45) is 11.5 Å². The molecule has 0 saturated carbocycles. The highest BCUT2D eigenvalue weighted by atomic mass is 16.3. The predicted octanol–water partition coefficient (Wildman–Crippen LogP) is -0.609. The van der Waals surface area contributed by atoms with Gasteiger partial charge < -0.3 is 16.6 Å². The molecule has 0 aromatic heterocycles. The third-order valence-corrected chi connectivity index (χ3v) is 1.30. The molecule has 0 bridgehead atoms. The first-order valence-electron chi connectivity index (χ1n) is 2.55. The lowest BCUT2D eigenvalue weighted by atomic mass is 9.95. The van der Waals surface area contributed by atoms with E-state index in [9.17, 15) is 0 Å². The summed E-state index contributed by atoms with van der Waals surface area (Å²) in [5, 5.41) is 9.01. The molecule has 0 amide bonds. The van der Waals surface area contributed by atoms with Crippen molar-refractivity contribution in [3.05, 3.63) is 0 Å². The summed E-state index contributed by atoms with van der Waals surface area (Å²) in [6.07, 6.45) is 0. The maximum absolute atomic E-state index is 9.01. The summed E-state index contributed by atoms with van der Waals surface area (Å²) in [5.74, 6) is 0. The summed E-state index contributed by atoms with van der Waals surface area (Å²) < 4.78 is 0. The Morgan fingerprint density at radius 3 is 1.25 bits per heavy atom. The number of aliphatic hydroxyl groups is 1. The van der Waals surface area contributed by atoms with E-state index in [1.54, 1.807) is 13.8 Å². The minimum atomic E-state index is -1.28. The van der Waals surface area contributed by atoms with Crippen LogP contribution in [0.25, 0.3) is 0 Å². The fourth-order valence-electron chi connectivity index (χ4n) is 0. The molecule has 0 heterocycles. The number of nitrogens with two attached hydrogens (primary N) is 2. The summed E-state index contributed by atoms with van der Waals surface area (Å²) in [6.45, 7) is 4.83. The van der Waals surface area contributed by atoms with Crippen molar-refractivity contribution in [1.82, 2.24) is 0 Å². The molecular formula is C5H14N2O. The average Bonchev–Trinajstić information content (AvgIpc) is 1.25. The van der Waals surface area contributed by atoms with Crippen molar-refractivity contribution in [3.63, 3.8) is 0 Å². The minimum Gasteiger partial charge on any atom is -0.374 e. The van der Waals surface area contributed by atoms with E-state index in [1.807, 2.05) is 0 Å². The van der Waals surface area contributed by atoms with Crippen LogP contribution >= 0.6 is 0 Å². The highest BCUT2D eigenvalue weighted by Gasteiger charge is 2.30. The van der Waals surface area contributed by atoms with Gasteiger partial charge in [0.2, 0.25) is 0 Å². The molecule has 5 N–H and O–H groups in total. The average molecular weight is 118 g/mol. The molecule has 0 aromatic carbocycles. The van der Waals surface area contributed by atoms with E-state index in [0.717, 1.165) is 0 Å². The minimum absolute atomic E-state index is 0.729. The second kappa shape index (κ2) is 1.69. The second-order valence-electron chi connectivity index (χ2n) is 2.87. The van der Waals surface area contributed by atoms with Crippen LogP contribution < -0.4 is 11.5 Å². The summed E-state index contributed by atoms with van der Waals surface area (Å²) in [4.78, 5) is 0. The molecule has 0 radical (unpaired) electrons. The van der Waals surface area contributed by atoms with Gasteiger partial charge in [0, 0.05) is 0 Å². The molecule has 3 nitrogen and oxygen atoms in total. The SMILES string of the molecule is CC(C)(N)C(C)(N)O. The molecule has 1 unspecified atom stereocenters. The number of hydrogen-bond acceptors (Lipinski definition) is 3. The number of rotatable bonds is 1. The van der Waals surface area contributed by atoms with Crippen LogP contribution in [0, 0.1) is 0 Å². The maximum Gasteiger partial charge on any atom is 0.128 e. The maximum atomic E-state index is 9.01. The van der Waals surface area contributed by atoms with Crippen LogP contribution in [0.4, 0.5) is 0 Å². The van der Waals surface area contributed by atoms with Crippen LogP contribution in [0.1, 0.15) is 20.8 Å². The van der Waals surface area contributed by atoms with Crippen molar-refractivity contribution < 1.29 is 5.11 Å². The highest BCUT2D eigenvalue weighted by molar-refractivity contribution is 4.88. The Morgan fingerprint density at radius 2 is 1.25 bits per heavy atom. The first-order valence-corrected chi connectivity index (χ1v) is 2.55. The van der Waals surface area contributed by atoms with Gasteiger partial charge in [0.05, 0.1) is 5.54 Å². The van der Waals surface area contributed by atoms with Crippen molar-refractivity contribution in [2.75, 3.05) is 0 Å². The van der Waals surface area contributed by atoms with E-state index >= 15 is 0 Å². The summed E-state index contributed by atoms with van der Waals surface area (Å²) in [7, 11) is 0. The van der Waals surface area contributed by atoms with Gasteiger partial charge in [-0.2, -0.15) is 0 Å². The largest absolute Gasteiger partial charge is 0.374 e. The van der Waals surface area contributed by atoms with Gasteiger partial charge in [-0.25, -0.2) is 0 Å². The first-order chi connectivity index (χ1) is 3.25. The van der Waals surface area contributed by atoms with Crippen molar-refractivity contribution in [2.45, 2.75) is 32.0 Å². The second-order valence-corrected chi connectivity index (χ2v) is 2.87. The van der Waals surface area contributed by atoms with E-state index in [-0.39, 0.29) is 0 Å². The van der Waals surface area contributed by atoms with Gasteiger partial charge in [-0.15, -0.1) is 0 Å². The van der Waals surface area contributed by atoms with Gasteiger partial charge in [-0.1, -0.05) is 0 Å². The topological polar surface area (TPSA) is 72.3 Å². The van der Waals surface area contributed by atoms with Crippen molar-refractivity contribution >= 4 is 0 Å². The molecule has 0 saturated heterocycles. The molecule has 8 heavy (non-hydrogen) atoms. The lowest BCUT2D eigenvalue weighted by Gasteiger charge is -2.32. The molecule has 3 heteroatoms. The van der Waals surface area contributed by atoms with E-state index in [2.05, 4.69) is 0 Å².